The van der Waals surface area contributed by atoms with E-state index in [-0.39, 0.29) is 24.2 Å². The molecule has 0 aliphatic carbocycles. The molecule has 2 heterocycles. The highest BCUT2D eigenvalue weighted by molar-refractivity contribution is 6.74. The summed E-state index contributed by atoms with van der Waals surface area (Å²) in [6.45, 7) is 26.9. The van der Waals surface area contributed by atoms with Crippen molar-refractivity contribution in [1.82, 2.24) is 0 Å². The number of aliphatic hydroxyl groups excluding tert-OH is 1. The van der Waals surface area contributed by atoms with Crippen LogP contribution in [0.1, 0.15) is 120 Å². The first kappa shape index (κ1) is 46.0. The summed E-state index contributed by atoms with van der Waals surface area (Å²) in [5.74, 6) is -0.826. The molecule has 0 saturated carbocycles. The third-order valence-electron chi connectivity index (χ3n) is 13.3. The smallest absolute Gasteiger partial charge is 0.192 e. The van der Waals surface area contributed by atoms with Gasteiger partial charge in [0.15, 0.2) is 30.7 Å². The fraction of sp³-hybridized carbons (Fsp3) is 0.857. The highest BCUT2D eigenvalue weighted by Gasteiger charge is 2.55. The molecule has 2 aliphatic rings. The molecular weight excluding hydrogens is 701 g/mol. The maximum absolute atomic E-state index is 11.7. The molecule has 0 aromatic heterocycles. The summed E-state index contributed by atoms with van der Waals surface area (Å²) in [5, 5.41) is 11.7. The van der Waals surface area contributed by atoms with Crippen molar-refractivity contribution < 1.29 is 32.6 Å². The van der Waals surface area contributed by atoms with E-state index in [1.165, 1.54) is 5.56 Å². The van der Waals surface area contributed by atoms with Crippen LogP contribution in [0.25, 0.3) is 0 Å². The number of benzene rings is 1. The highest BCUT2D eigenvalue weighted by Crippen LogP contribution is 2.49. The van der Waals surface area contributed by atoms with Crippen molar-refractivity contribution >= 4 is 25.0 Å². The Morgan fingerprint density at radius 2 is 1.33 bits per heavy atom. The third kappa shape index (κ3) is 12.5. The lowest BCUT2D eigenvalue weighted by atomic mass is 9.80. The van der Waals surface area contributed by atoms with Gasteiger partial charge in [0, 0.05) is 44.8 Å². The van der Waals surface area contributed by atoms with Crippen molar-refractivity contribution in [3.8, 4) is 0 Å². The van der Waals surface area contributed by atoms with E-state index >= 15 is 0 Å². The third-order valence-corrected chi connectivity index (χ3v) is 27.5. The van der Waals surface area contributed by atoms with Gasteiger partial charge in [-0.25, -0.2) is 0 Å². The zero-order valence-electron chi connectivity index (χ0n) is 35.4. The Kier molecular flexibility index (Phi) is 18.8. The van der Waals surface area contributed by atoms with Crippen molar-refractivity contribution in [2.24, 2.45) is 5.92 Å². The van der Waals surface area contributed by atoms with E-state index in [4.69, 9.17) is 27.5 Å². The molecule has 7 atom stereocenters. The van der Waals surface area contributed by atoms with Gasteiger partial charge in [0.1, 0.15) is 0 Å². The summed E-state index contributed by atoms with van der Waals surface area (Å²) in [7, 11) is -5.62. The fourth-order valence-corrected chi connectivity index (χ4v) is 17.8. The maximum atomic E-state index is 11.7. The molecule has 1 spiro atoms. The Labute approximate surface area is 323 Å². The standard InChI is InChI=1S/C42H80O7Si3/c1-12-50(13-2,14-3)45-32-35(10)40(43)29-38-30-41(11,49-52(18-7,19-8)20-9)34-42(47-38)31-39(48-51(15-4,16-5)17-6)28-37(46-42)26-27-44-33-36-24-22-21-23-25-36/h21-25,35,37-40,43H,12-20,26-34H2,1-11H3/t35-,37-,38-,39-,40-,41-,42+/m0/s1. The second-order valence-corrected chi connectivity index (χ2v) is 30.8. The van der Waals surface area contributed by atoms with Gasteiger partial charge >= 0.3 is 0 Å². The minimum Gasteiger partial charge on any atom is -0.416 e. The molecule has 0 amide bonds. The zero-order chi connectivity index (χ0) is 38.5. The Balaban J connectivity index is 1.92. The monoisotopic (exact) mass is 781 g/mol. The average molecular weight is 781 g/mol. The molecule has 0 radical (unpaired) electrons. The van der Waals surface area contributed by atoms with Gasteiger partial charge in [0.25, 0.3) is 0 Å². The van der Waals surface area contributed by atoms with E-state index in [1.54, 1.807) is 0 Å². The van der Waals surface area contributed by atoms with Gasteiger partial charge in [-0.3, -0.25) is 0 Å². The van der Waals surface area contributed by atoms with E-state index in [1.807, 2.05) is 6.07 Å². The quantitative estimate of drug-likeness (QED) is 0.0827. The van der Waals surface area contributed by atoms with Crippen LogP contribution in [-0.4, -0.2) is 79.1 Å². The van der Waals surface area contributed by atoms with Crippen LogP contribution in [0.2, 0.25) is 54.4 Å². The van der Waals surface area contributed by atoms with Crippen LogP contribution in [0, 0.1) is 5.92 Å². The van der Waals surface area contributed by atoms with Crippen molar-refractivity contribution in [3.05, 3.63) is 35.9 Å². The minimum atomic E-state index is -1.98. The number of ether oxygens (including phenoxy) is 3. The Morgan fingerprint density at radius 3 is 1.88 bits per heavy atom. The van der Waals surface area contributed by atoms with E-state index in [0.29, 0.717) is 39.1 Å². The predicted molar refractivity (Wildman–Crippen MR) is 223 cm³/mol. The summed E-state index contributed by atoms with van der Waals surface area (Å²) in [5.41, 5.74) is 0.762. The van der Waals surface area contributed by atoms with Crippen molar-refractivity contribution in [2.75, 3.05) is 13.2 Å². The first-order valence-electron chi connectivity index (χ1n) is 21.5. The van der Waals surface area contributed by atoms with Gasteiger partial charge in [0.05, 0.1) is 36.6 Å². The molecule has 1 N–H and O–H groups in total. The Bertz CT molecular complexity index is 1110. The predicted octanol–water partition coefficient (Wildman–Crippen LogP) is 11.2. The first-order valence-corrected chi connectivity index (χ1v) is 29.0. The SMILES string of the molecule is CC[Si](CC)(CC)OC[C@H](C)[C@@H](O)C[C@H]1C[C@](C)(O[Si](CC)(CC)CC)C[C@@]2(C[C@@H](O[Si](CC)(CC)CC)C[C@H](CCOCc3ccccc3)O2)O1. The molecule has 2 aliphatic heterocycles. The zero-order valence-corrected chi connectivity index (χ0v) is 38.4. The number of hydrogen-bond donors (Lipinski definition) is 1. The molecule has 302 valence electrons. The summed E-state index contributed by atoms with van der Waals surface area (Å²) in [4.78, 5) is 0. The van der Waals surface area contributed by atoms with Crippen molar-refractivity contribution in [1.29, 1.82) is 0 Å². The van der Waals surface area contributed by atoms with E-state index in [9.17, 15) is 5.11 Å². The van der Waals surface area contributed by atoms with Crippen LogP contribution in [-0.2, 0) is 34.1 Å². The summed E-state index contributed by atoms with van der Waals surface area (Å²) >= 11 is 0. The maximum Gasteiger partial charge on any atom is 0.192 e. The summed E-state index contributed by atoms with van der Waals surface area (Å²) in [6.07, 6.45) is 3.58. The molecular formula is C42H80O7Si3. The topological polar surface area (TPSA) is 75.6 Å². The fourth-order valence-electron chi connectivity index (χ4n) is 9.10. The number of rotatable bonds is 24. The largest absolute Gasteiger partial charge is 0.416 e. The summed E-state index contributed by atoms with van der Waals surface area (Å²) < 4.78 is 42.0. The molecule has 7 nitrogen and oxygen atoms in total. The first-order chi connectivity index (χ1) is 24.8. The van der Waals surface area contributed by atoms with Crippen LogP contribution in [0.5, 0.6) is 0 Å². The van der Waals surface area contributed by atoms with Crippen LogP contribution in [0.4, 0.5) is 0 Å². The normalized spacial score (nSPS) is 27.2. The summed E-state index contributed by atoms with van der Waals surface area (Å²) in [6, 6.07) is 20.3. The van der Waals surface area contributed by atoms with Gasteiger partial charge in [-0.1, -0.05) is 99.6 Å². The molecule has 1 aromatic carbocycles. The van der Waals surface area contributed by atoms with Crippen LogP contribution in [0.15, 0.2) is 30.3 Å². The Hall–Kier alpha value is -0.409. The Morgan fingerprint density at radius 1 is 0.769 bits per heavy atom. The molecule has 2 saturated heterocycles. The van der Waals surface area contributed by atoms with Crippen molar-refractivity contribution in [2.45, 2.75) is 211 Å². The average Bonchev–Trinajstić information content (AvgIpc) is 3.15. The molecule has 1 aromatic rings. The van der Waals surface area contributed by atoms with Crippen LogP contribution in [0.3, 0.4) is 0 Å². The molecule has 2 fully saturated rings. The lowest BCUT2D eigenvalue weighted by molar-refractivity contribution is -0.350. The lowest BCUT2D eigenvalue weighted by Crippen LogP contribution is -2.62. The molecule has 0 unspecified atom stereocenters. The van der Waals surface area contributed by atoms with Crippen LogP contribution >= 0.6 is 0 Å². The second kappa shape index (κ2) is 21.2. The van der Waals surface area contributed by atoms with Crippen LogP contribution < -0.4 is 0 Å². The van der Waals surface area contributed by atoms with Gasteiger partial charge in [-0.05, 0) is 79.7 Å². The molecule has 52 heavy (non-hydrogen) atoms. The van der Waals surface area contributed by atoms with Gasteiger partial charge in [-0.15, -0.1) is 0 Å². The highest BCUT2D eigenvalue weighted by atomic mass is 28.4. The number of hydrogen-bond acceptors (Lipinski definition) is 7. The van der Waals surface area contributed by atoms with Crippen molar-refractivity contribution in [3.63, 3.8) is 0 Å². The van der Waals surface area contributed by atoms with Gasteiger partial charge in [0.2, 0.25) is 0 Å². The molecule has 10 heteroatoms. The molecule has 3 rings (SSSR count). The van der Waals surface area contributed by atoms with Gasteiger partial charge < -0.3 is 32.6 Å². The molecule has 0 bridgehead atoms. The second-order valence-electron chi connectivity index (χ2n) is 16.7. The van der Waals surface area contributed by atoms with E-state index < -0.39 is 42.4 Å². The van der Waals surface area contributed by atoms with E-state index in [2.05, 4.69) is 100 Å². The minimum absolute atomic E-state index is 0.0173. The van der Waals surface area contributed by atoms with Gasteiger partial charge in [-0.2, -0.15) is 0 Å². The van der Waals surface area contributed by atoms with E-state index in [0.717, 1.165) is 73.7 Å². The lowest BCUT2D eigenvalue weighted by Gasteiger charge is -2.56. The number of aliphatic hydroxyl groups is 1.